The number of nitrogens with one attached hydrogen (secondary N) is 2. The molecule has 0 radical (unpaired) electrons. The van der Waals surface area contributed by atoms with Gasteiger partial charge in [-0.05, 0) is 25.7 Å². The van der Waals surface area contributed by atoms with E-state index in [0.29, 0.717) is 37.8 Å². The van der Waals surface area contributed by atoms with Crippen molar-refractivity contribution in [3.8, 4) is 24.7 Å². The van der Waals surface area contributed by atoms with Gasteiger partial charge in [-0.2, -0.15) is 0 Å². The van der Waals surface area contributed by atoms with E-state index in [2.05, 4.69) is 32.4 Å². The molecule has 0 spiro atoms. The number of anilines is 2. The zero-order valence-electron chi connectivity index (χ0n) is 17.1. The molecular weight excluding hydrogens is 380 g/mol. The first-order valence-electron chi connectivity index (χ1n) is 10.4. The molecule has 8 heteroatoms. The minimum absolute atomic E-state index is 0.00506. The van der Waals surface area contributed by atoms with Crippen LogP contribution in [0.4, 0.5) is 11.6 Å². The molecule has 0 unspecified atom stereocenters. The molecule has 2 aliphatic rings. The first-order valence-corrected chi connectivity index (χ1v) is 10.4. The van der Waals surface area contributed by atoms with Crippen LogP contribution in [0.15, 0.2) is 12.4 Å². The molecule has 2 aliphatic heterocycles. The Morgan fingerprint density at radius 3 is 1.53 bits per heavy atom. The highest BCUT2D eigenvalue weighted by Crippen LogP contribution is 2.19. The third-order valence-electron chi connectivity index (χ3n) is 5.68. The molecule has 3 rings (SSSR count). The molecule has 0 saturated carbocycles. The monoisotopic (exact) mass is 408 g/mol. The number of nitrogens with zero attached hydrogens (tertiary/aromatic N) is 4. The van der Waals surface area contributed by atoms with E-state index in [0.717, 1.165) is 25.7 Å². The molecule has 0 bridgehead atoms. The minimum atomic E-state index is -0.00506. The van der Waals surface area contributed by atoms with Crippen LogP contribution in [-0.4, -0.2) is 70.9 Å². The van der Waals surface area contributed by atoms with Crippen LogP contribution in [0, 0.1) is 36.5 Å². The quantitative estimate of drug-likeness (QED) is 0.684. The second-order valence-corrected chi connectivity index (χ2v) is 7.60. The van der Waals surface area contributed by atoms with Crippen LogP contribution in [0.5, 0.6) is 0 Å². The average Bonchev–Trinajstić information content (AvgIpc) is 2.81. The number of likely N-dealkylation sites (tertiary alicyclic amines) is 2. The number of carbonyl (C=O) groups is 2. The minimum Gasteiger partial charge on any atom is -0.358 e. The Kier molecular flexibility index (Phi) is 7.51. The highest BCUT2D eigenvalue weighted by molar-refractivity contribution is 5.83. The number of amides is 2. The first kappa shape index (κ1) is 21.4. The summed E-state index contributed by atoms with van der Waals surface area (Å²) in [7, 11) is 0. The van der Waals surface area contributed by atoms with E-state index in [1.165, 1.54) is 0 Å². The fourth-order valence-electron chi connectivity index (χ4n) is 3.73. The lowest BCUT2D eigenvalue weighted by atomic mass is 9.98. The molecule has 8 nitrogen and oxygen atoms in total. The maximum Gasteiger partial charge on any atom is 0.241 e. The van der Waals surface area contributed by atoms with Crippen molar-refractivity contribution in [2.45, 2.75) is 25.7 Å². The Balaban J connectivity index is 1.47. The lowest BCUT2D eigenvalue weighted by Gasteiger charge is -2.30. The summed E-state index contributed by atoms with van der Waals surface area (Å²) in [5.74, 6) is 6.92. The third-order valence-corrected chi connectivity index (χ3v) is 5.68. The molecule has 2 saturated heterocycles. The highest BCUT2D eigenvalue weighted by Gasteiger charge is 2.23. The van der Waals surface area contributed by atoms with E-state index < -0.39 is 0 Å². The molecule has 0 aromatic carbocycles. The van der Waals surface area contributed by atoms with Gasteiger partial charge in [0.05, 0.1) is 13.1 Å². The summed E-state index contributed by atoms with van der Waals surface area (Å²) >= 11 is 0. The smallest absolute Gasteiger partial charge is 0.241 e. The molecule has 3 heterocycles. The topological polar surface area (TPSA) is 90.5 Å². The lowest BCUT2D eigenvalue weighted by Crippen LogP contribution is -2.41. The normalized spacial score (nSPS) is 17.7. The fourth-order valence-corrected chi connectivity index (χ4v) is 3.73. The zero-order chi connectivity index (χ0) is 21.3. The van der Waals surface area contributed by atoms with E-state index in [1.807, 2.05) is 9.80 Å². The van der Waals surface area contributed by atoms with Crippen molar-refractivity contribution in [1.82, 2.24) is 19.8 Å². The van der Waals surface area contributed by atoms with Crippen molar-refractivity contribution >= 4 is 23.5 Å². The van der Waals surface area contributed by atoms with Crippen LogP contribution < -0.4 is 10.6 Å². The van der Waals surface area contributed by atoms with Gasteiger partial charge in [0.2, 0.25) is 11.8 Å². The maximum atomic E-state index is 12.5. The fraction of sp³-hybridized carbons (Fsp3) is 0.545. The van der Waals surface area contributed by atoms with Crippen molar-refractivity contribution in [2.24, 2.45) is 11.8 Å². The van der Waals surface area contributed by atoms with E-state index in [9.17, 15) is 9.59 Å². The van der Waals surface area contributed by atoms with Gasteiger partial charge in [-0.3, -0.25) is 9.59 Å². The molecular formula is C22H28N6O2. The molecule has 1 aromatic heterocycles. The summed E-state index contributed by atoms with van der Waals surface area (Å²) in [6, 6.07) is 0. The SMILES string of the molecule is C#CC1CCN(C(=O)CNc2nccnc2NCC(=O)N2CCC(C#C)CC2)CC1. The second kappa shape index (κ2) is 10.5. The van der Waals surface area contributed by atoms with Crippen molar-refractivity contribution in [2.75, 3.05) is 49.9 Å². The number of aromatic nitrogens is 2. The molecule has 2 fully saturated rings. The van der Waals surface area contributed by atoms with Crippen LogP contribution in [-0.2, 0) is 9.59 Å². The summed E-state index contributed by atoms with van der Waals surface area (Å²) in [6.45, 7) is 2.92. The number of hydrogen-bond donors (Lipinski definition) is 2. The van der Waals surface area contributed by atoms with Gasteiger partial charge in [0, 0.05) is 50.4 Å². The third kappa shape index (κ3) is 5.64. The number of piperidine rings is 2. The number of carbonyl (C=O) groups excluding carboxylic acids is 2. The van der Waals surface area contributed by atoms with E-state index in [4.69, 9.17) is 12.8 Å². The van der Waals surface area contributed by atoms with Crippen LogP contribution in [0.3, 0.4) is 0 Å². The van der Waals surface area contributed by atoms with Crippen molar-refractivity contribution in [1.29, 1.82) is 0 Å². The summed E-state index contributed by atoms with van der Waals surface area (Å²) in [5.41, 5.74) is 0. The van der Waals surface area contributed by atoms with E-state index in [1.54, 1.807) is 12.4 Å². The number of hydrogen-bond acceptors (Lipinski definition) is 6. The van der Waals surface area contributed by atoms with Gasteiger partial charge in [-0.1, -0.05) is 0 Å². The Morgan fingerprint density at radius 2 is 1.20 bits per heavy atom. The Bertz CT molecular complexity index is 758. The van der Waals surface area contributed by atoms with E-state index in [-0.39, 0.29) is 36.7 Å². The molecule has 1 aromatic rings. The van der Waals surface area contributed by atoms with Crippen molar-refractivity contribution < 1.29 is 9.59 Å². The summed E-state index contributed by atoms with van der Waals surface area (Å²) < 4.78 is 0. The molecule has 2 N–H and O–H groups in total. The summed E-state index contributed by atoms with van der Waals surface area (Å²) in [5, 5.41) is 6.08. The van der Waals surface area contributed by atoms with Gasteiger partial charge in [-0.25, -0.2) is 9.97 Å². The lowest BCUT2D eigenvalue weighted by molar-refractivity contribution is -0.131. The standard InChI is InChI=1S/C22H28N6O2/c1-3-17-5-11-27(12-6-17)19(29)15-25-21-22(24-10-9-23-21)26-16-20(30)28-13-7-18(4-2)8-14-28/h1-2,9-10,17-18H,5-8,11-16H2,(H,23,25)(H,24,26). The molecule has 2 amide bonds. The van der Waals surface area contributed by atoms with Gasteiger partial charge in [0.15, 0.2) is 11.6 Å². The van der Waals surface area contributed by atoms with Gasteiger partial charge in [0.1, 0.15) is 0 Å². The van der Waals surface area contributed by atoms with Gasteiger partial charge < -0.3 is 20.4 Å². The van der Waals surface area contributed by atoms with Crippen molar-refractivity contribution in [3.05, 3.63) is 12.4 Å². The maximum absolute atomic E-state index is 12.5. The van der Waals surface area contributed by atoms with Crippen LogP contribution >= 0.6 is 0 Å². The van der Waals surface area contributed by atoms with Gasteiger partial charge in [0.25, 0.3) is 0 Å². The van der Waals surface area contributed by atoms with Gasteiger partial charge >= 0.3 is 0 Å². The molecule has 0 aliphatic carbocycles. The zero-order valence-corrected chi connectivity index (χ0v) is 17.1. The summed E-state index contributed by atoms with van der Waals surface area (Å²) in [6.07, 6.45) is 17.4. The van der Waals surface area contributed by atoms with Gasteiger partial charge in [-0.15, -0.1) is 24.7 Å². The Labute approximate surface area is 177 Å². The van der Waals surface area contributed by atoms with Crippen LogP contribution in [0.1, 0.15) is 25.7 Å². The highest BCUT2D eigenvalue weighted by atomic mass is 16.2. The Morgan fingerprint density at radius 1 is 0.833 bits per heavy atom. The number of rotatable bonds is 6. The largest absolute Gasteiger partial charge is 0.358 e. The summed E-state index contributed by atoms with van der Waals surface area (Å²) in [4.78, 5) is 37.1. The van der Waals surface area contributed by atoms with Crippen molar-refractivity contribution in [3.63, 3.8) is 0 Å². The molecule has 158 valence electrons. The first-order chi connectivity index (χ1) is 14.6. The van der Waals surface area contributed by atoms with Crippen LogP contribution in [0.25, 0.3) is 0 Å². The Hall–Kier alpha value is -3.26. The average molecular weight is 409 g/mol. The predicted molar refractivity (Wildman–Crippen MR) is 115 cm³/mol. The second-order valence-electron chi connectivity index (χ2n) is 7.60. The number of terminal acetylenes is 2. The predicted octanol–water partition coefficient (Wildman–Crippen LogP) is 1.04. The van der Waals surface area contributed by atoms with E-state index >= 15 is 0 Å². The van der Waals surface area contributed by atoms with Crippen LogP contribution in [0.2, 0.25) is 0 Å². The molecule has 30 heavy (non-hydrogen) atoms. The molecule has 0 atom stereocenters.